The Balaban J connectivity index is 1.58. The van der Waals surface area contributed by atoms with Crippen LogP contribution in [-0.4, -0.2) is 45.9 Å². The van der Waals surface area contributed by atoms with Crippen LogP contribution in [0.25, 0.3) is 16.7 Å². The molecule has 30 heavy (non-hydrogen) atoms. The average molecular weight is 406 g/mol. The van der Waals surface area contributed by atoms with Crippen molar-refractivity contribution in [1.82, 2.24) is 25.1 Å². The SMILES string of the molecule is COCc1nc(NCCNC(=O)c2ccco2)c2c(C)nn(-c3ccccc3)c2n1. The Bertz CT molecular complexity index is 1140. The second-order valence-electron chi connectivity index (χ2n) is 6.61. The number of benzene rings is 1. The van der Waals surface area contributed by atoms with E-state index < -0.39 is 0 Å². The van der Waals surface area contributed by atoms with Crippen molar-refractivity contribution in [3.05, 3.63) is 66.0 Å². The van der Waals surface area contributed by atoms with E-state index in [9.17, 15) is 4.79 Å². The van der Waals surface area contributed by atoms with Gasteiger partial charge in [0.25, 0.3) is 5.91 Å². The molecule has 4 rings (SSSR count). The van der Waals surface area contributed by atoms with Crippen LogP contribution in [0.4, 0.5) is 5.82 Å². The lowest BCUT2D eigenvalue weighted by Crippen LogP contribution is -2.28. The van der Waals surface area contributed by atoms with E-state index in [1.165, 1.54) is 6.26 Å². The van der Waals surface area contributed by atoms with Crippen LogP contribution in [0.2, 0.25) is 0 Å². The number of furan rings is 1. The molecule has 2 N–H and O–H groups in total. The molecular weight excluding hydrogens is 384 g/mol. The summed E-state index contributed by atoms with van der Waals surface area (Å²) in [6.45, 7) is 3.07. The number of hydrogen-bond acceptors (Lipinski definition) is 7. The molecule has 1 amide bonds. The summed E-state index contributed by atoms with van der Waals surface area (Å²) < 4.78 is 12.1. The van der Waals surface area contributed by atoms with Crippen molar-refractivity contribution in [3.8, 4) is 5.69 Å². The Morgan fingerprint density at radius 1 is 1.13 bits per heavy atom. The van der Waals surface area contributed by atoms with E-state index in [4.69, 9.17) is 9.15 Å². The first-order chi connectivity index (χ1) is 14.7. The minimum Gasteiger partial charge on any atom is -0.459 e. The van der Waals surface area contributed by atoms with Gasteiger partial charge in [-0.05, 0) is 31.2 Å². The van der Waals surface area contributed by atoms with Crippen LogP contribution >= 0.6 is 0 Å². The van der Waals surface area contributed by atoms with E-state index in [1.54, 1.807) is 23.9 Å². The summed E-state index contributed by atoms with van der Waals surface area (Å²) in [4.78, 5) is 21.2. The van der Waals surface area contributed by atoms with E-state index in [0.717, 1.165) is 16.8 Å². The molecule has 0 spiro atoms. The second kappa shape index (κ2) is 8.75. The summed E-state index contributed by atoms with van der Waals surface area (Å²) in [5.41, 5.74) is 2.41. The molecule has 9 nitrogen and oxygen atoms in total. The normalized spacial score (nSPS) is 11.0. The topological polar surface area (TPSA) is 107 Å². The summed E-state index contributed by atoms with van der Waals surface area (Å²) in [5.74, 6) is 1.22. The van der Waals surface area contributed by atoms with Crippen molar-refractivity contribution in [3.63, 3.8) is 0 Å². The average Bonchev–Trinajstić information content (AvgIpc) is 3.41. The fraction of sp³-hybridized carbons (Fsp3) is 0.238. The predicted molar refractivity (Wildman–Crippen MR) is 112 cm³/mol. The smallest absolute Gasteiger partial charge is 0.287 e. The Morgan fingerprint density at radius 3 is 2.70 bits per heavy atom. The fourth-order valence-corrected chi connectivity index (χ4v) is 3.15. The van der Waals surface area contributed by atoms with Gasteiger partial charge in [0.15, 0.2) is 17.2 Å². The minimum atomic E-state index is -0.261. The largest absolute Gasteiger partial charge is 0.459 e. The van der Waals surface area contributed by atoms with Gasteiger partial charge in [-0.25, -0.2) is 14.6 Å². The van der Waals surface area contributed by atoms with Gasteiger partial charge in [-0.3, -0.25) is 4.79 Å². The number of fused-ring (bicyclic) bond motifs is 1. The lowest BCUT2D eigenvalue weighted by Gasteiger charge is -2.10. The molecule has 0 aliphatic heterocycles. The van der Waals surface area contributed by atoms with Crippen molar-refractivity contribution in [2.45, 2.75) is 13.5 Å². The molecule has 0 aliphatic carbocycles. The first-order valence-corrected chi connectivity index (χ1v) is 9.53. The number of methoxy groups -OCH3 is 1. The number of anilines is 1. The molecule has 0 atom stereocenters. The maximum Gasteiger partial charge on any atom is 0.287 e. The van der Waals surface area contributed by atoms with Crippen LogP contribution in [0.3, 0.4) is 0 Å². The predicted octanol–water partition coefficient (Wildman–Crippen LogP) is 2.71. The van der Waals surface area contributed by atoms with Crippen molar-refractivity contribution in [2.75, 3.05) is 25.5 Å². The van der Waals surface area contributed by atoms with E-state index in [2.05, 4.69) is 25.7 Å². The molecule has 0 fully saturated rings. The maximum absolute atomic E-state index is 12.0. The first-order valence-electron chi connectivity index (χ1n) is 9.53. The minimum absolute atomic E-state index is 0.261. The Kier molecular flexibility index (Phi) is 5.71. The van der Waals surface area contributed by atoms with Crippen molar-refractivity contribution >= 4 is 22.8 Å². The van der Waals surface area contributed by atoms with E-state index >= 15 is 0 Å². The van der Waals surface area contributed by atoms with E-state index in [-0.39, 0.29) is 18.3 Å². The number of carbonyl (C=O) groups is 1. The highest BCUT2D eigenvalue weighted by Gasteiger charge is 2.17. The van der Waals surface area contributed by atoms with Crippen LogP contribution in [0, 0.1) is 6.92 Å². The molecule has 1 aromatic carbocycles. The molecule has 0 radical (unpaired) electrons. The van der Waals surface area contributed by atoms with Gasteiger partial charge >= 0.3 is 0 Å². The molecule has 0 aliphatic rings. The highest BCUT2D eigenvalue weighted by atomic mass is 16.5. The monoisotopic (exact) mass is 406 g/mol. The molecule has 0 saturated carbocycles. The molecule has 0 saturated heterocycles. The van der Waals surface area contributed by atoms with Crippen molar-refractivity contribution < 1.29 is 13.9 Å². The highest BCUT2D eigenvalue weighted by Crippen LogP contribution is 2.26. The number of aryl methyl sites for hydroxylation is 1. The van der Waals surface area contributed by atoms with Crippen molar-refractivity contribution in [2.24, 2.45) is 0 Å². The standard InChI is InChI=1S/C21H22N6O3/c1-14-18-19(22-10-11-23-21(28)16-9-6-12-30-16)24-17(13-29-2)25-20(18)27(26-14)15-7-4-3-5-8-15/h3-9,12H,10-11,13H2,1-2H3,(H,23,28)(H,22,24,25). The van der Waals surface area contributed by atoms with Gasteiger partial charge in [0.05, 0.1) is 23.0 Å². The van der Waals surface area contributed by atoms with Crippen LogP contribution < -0.4 is 10.6 Å². The van der Waals surface area contributed by atoms with Crippen molar-refractivity contribution in [1.29, 1.82) is 0 Å². The lowest BCUT2D eigenvalue weighted by molar-refractivity contribution is 0.0927. The Labute approximate surface area is 173 Å². The quantitative estimate of drug-likeness (QED) is 0.433. The molecule has 0 bridgehead atoms. The van der Waals surface area contributed by atoms with Gasteiger partial charge in [-0.15, -0.1) is 0 Å². The van der Waals surface area contributed by atoms with Crippen LogP contribution in [0.5, 0.6) is 0 Å². The third-order valence-corrected chi connectivity index (χ3v) is 4.47. The zero-order valence-electron chi connectivity index (χ0n) is 16.8. The van der Waals surface area contributed by atoms with Gasteiger partial charge in [-0.2, -0.15) is 5.10 Å². The van der Waals surface area contributed by atoms with Gasteiger partial charge in [0.2, 0.25) is 0 Å². The number of amides is 1. The number of hydrogen-bond donors (Lipinski definition) is 2. The Morgan fingerprint density at radius 2 is 1.97 bits per heavy atom. The Hall–Kier alpha value is -3.72. The molecule has 9 heteroatoms. The fourth-order valence-electron chi connectivity index (χ4n) is 3.15. The van der Waals surface area contributed by atoms with Gasteiger partial charge < -0.3 is 19.8 Å². The number of carbonyl (C=O) groups excluding carboxylic acids is 1. The summed E-state index contributed by atoms with van der Waals surface area (Å²) in [5, 5.41) is 11.6. The summed E-state index contributed by atoms with van der Waals surface area (Å²) in [7, 11) is 1.60. The van der Waals surface area contributed by atoms with E-state index in [1.807, 2.05) is 37.3 Å². The third-order valence-electron chi connectivity index (χ3n) is 4.47. The molecular formula is C21H22N6O3. The van der Waals surface area contributed by atoms with Gasteiger partial charge in [0, 0.05) is 20.2 Å². The molecule has 3 heterocycles. The second-order valence-corrected chi connectivity index (χ2v) is 6.61. The zero-order chi connectivity index (χ0) is 20.9. The molecule has 154 valence electrons. The summed E-state index contributed by atoms with van der Waals surface area (Å²) >= 11 is 0. The zero-order valence-corrected chi connectivity index (χ0v) is 16.8. The molecule has 3 aromatic heterocycles. The number of para-hydroxylation sites is 1. The number of nitrogens with one attached hydrogen (secondary N) is 2. The molecule has 0 unspecified atom stereocenters. The third kappa shape index (κ3) is 4.01. The van der Waals surface area contributed by atoms with E-state index in [0.29, 0.717) is 30.4 Å². The van der Waals surface area contributed by atoms with Gasteiger partial charge in [0.1, 0.15) is 12.4 Å². The van der Waals surface area contributed by atoms with Crippen LogP contribution in [0.15, 0.2) is 53.1 Å². The number of rotatable bonds is 8. The van der Waals surface area contributed by atoms with Crippen LogP contribution in [-0.2, 0) is 11.3 Å². The maximum atomic E-state index is 12.0. The summed E-state index contributed by atoms with van der Waals surface area (Å²) in [6, 6.07) is 13.1. The van der Waals surface area contributed by atoms with Crippen LogP contribution in [0.1, 0.15) is 22.1 Å². The lowest BCUT2D eigenvalue weighted by atomic mass is 10.3. The summed E-state index contributed by atoms with van der Waals surface area (Å²) in [6.07, 6.45) is 1.47. The molecule has 4 aromatic rings. The number of nitrogens with zero attached hydrogens (tertiary/aromatic N) is 4. The number of ether oxygens (including phenoxy) is 1. The van der Waals surface area contributed by atoms with Gasteiger partial charge in [-0.1, -0.05) is 18.2 Å². The first kappa shape index (κ1) is 19.6. The highest BCUT2D eigenvalue weighted by molar-refractivity contribution is 5.92. The number of aromatic nitrogens is 4.